The SMILES string of the molecule is COC(=O)c1cncc(Sc2ccc(NC(C)=O)cc2)n1. The molecule has 1 aromatic heterocycles. The lowest BCUT2D eigenvalue weighted by Gasteiger charge is -2.05. The molecule has 0 aliphatic carbocycles. The summed E-state index contributed by atoms with van der Waals surface area (Å²) in [5.41, 5.74) is 0.888. The molecule has 2 rings (SSSR count). The molecule has 0 spiro atoms. The Morgan fingerprint density at radius 2 is 1.90 bits per heavy atom. The highest BCUT2D eigenvalue weighted by molar-refractivity contribution is 7.99. The average molecular weight is 303 g/mol. The lowest BCUT2D eigenvalue weighted by atomic mass is 10.3. The van der Waals surface area contributed by atoms with E-state index in [4.69, 9.17) is 0 Å². The van der Waals surface area contributed by atoms with Gasteiger partial charge in [0.1, 0.15) is 5.03 Å². The maximum atomic E-state index is 11.4. The van der Waals surface area contributed by atoms with Gasteiger partial charge in [0, 0.05) is 17.5 Å². The van der Waals surface area contributed by atoms with Crippen LogP contribution in [0.1, 0.15) is 17.4 Å². The quantitative estimate of drug-likeness (QED) is 0.873. The van der Waals surface area contributed by atoms with E-state index in [9.17, 15) is 9.59 Å². The van der Waals surface area contributed by atoms with Gasteiger partial charge in [0.2, 0.25) is 5.91 Å². The van der Waals surface area contributed by atoms with Crippen molar-refractivity contribution < 1.29 is 14.3 Å². The average Bonchev–Trinajstić information content (AvgIpc) is 2.48. The van der Waals surface area contributed by atoms with Crippen LogP contribution in [-0.2, 0) is 9.53 Å². The van der Waals surface area contributed by atoms with Crippen LogP contribution in [0.15, 0.2) is 46.6 Å². The number of methoxy groups -OCH3 is 1. The third-order valence-corrected chi connectivity index (χ3v) is 3.32. The molecule has 21 heavy (non-hydrogen) atoms. The van der Waals surface area contributed by atoms with Gasteiger partial charge in [-0.3, -0.25) is 9.78 Å². The van der Waals surface area contributed by atoms with Crippen LogP contribution in [-0.4, -0.2) is 29.0 Å². The number of esters is 1. The molecule has 0 saturated heterocycles. The van der Waals surface area contributed by atoms with Gasteiger partial charge in [-0.15, -0.1) is 0 Å². The van der Waals surface area contributed by atoms with E-state index in [-0.39, 0.29) is 11.6 Å². The smallest absolute Gasteiger partial charge is 0.358 e. The van der Waals surface area contributed by atoms with Gasteiger partial charge in [0.15, 0.2) is 5.69 Å². The van der Waals surface area contributed by atoms with Crippen molar-refractivity contribution in [3.8, 4) is 0 Å². The lowest BCUT2D eigenvalue weighted by molar-refractivity contribution is -0.114. The monoisotopic (exact) mass is 303 g/mol. The van der Waals surface area contributed by atoms with E-state index in [2.05, 4.69) is 20.0 Å². The zero-order chi connectivity index (χ0) is 15.2. The Morgan fingerprint density at radius 1 is 1.19 bits per heavy atom. The van der Waals surface area contributed by atoms with Crippen molar-refractivity contribution in [2.75, 3.05) is 12.4 Å². The molecule has 0 aliphatic heterocycles. The van der Waals surface area contributed by atoms with E-state index >= 15 is 0 Å². The standard InChI is InChI=1S/C14H13N3O3S/c1-9(18)16-10-3-5-11(6-4-10)21-13-8-15-7-12(17-13)14(19)20-2/h3-8H,1-2H3,(H,16,18). The van der Waals surface area contributed by atoms with Crippen molar-refractivity contribution in [2.45, 2.75) is 16.8 Å². The summed E-state index contributed by atoms with van der Waals surface area (Å²) in [5, 5.41) is 3.28. The van der Waals surface area contributed by atoms with Gasteiger partial charge in [-0.05, 0) is 24.3 Å². The molecule has 0 atom stereocenters. The number of ether oxygens (including phenoxy) is 1. The lowest BCUT2D eigenvalue weighted by Crippen LogP contribution is -2.05. The first-order valence-electron chi connectivity index (χ1n) is 6.04. The van der Waals surface area contributed by atoms with Crippen LogP contribution in [0, 0.1) is 0 Å². The van der Waals surface area contributed by atoms with E-state index in [1.807, 2.05) is 12.1 Å². The number of hydrogen-bond acceptors (Lipinski definition) is 6. The van der Waals surface area contributed by atoms with Gasteiger partial charge in [-0.2, -0.15) is 0 Å². The number of hydrogen-bond donors (Lipinski definition) is 1. The Balaban J connectivity index is 2.11. The summed E-state index contributed by atoms with van der Waals surface area (Å²) in [5.74, 6) is -0.641. The topological polar surface area (TPSA) is 81.2 Å². The van der Waals surface area contributed by atoms with E-state index < -0.39 is 5.97 Å². The molecular weight excluding hydrogens is 290 g/mol. The van der Waals surface area contributed by atoms with Gasteiger partial charge in [0.25, 0.3) is 0 Å². The molecule has 108 valence electrons. The van der Waals surface area contributed by atoms with E-state index in [1.165, 1.54) is 32.0 Å². The highest BCUT2D eigenvalue weighted by atomic mass is 32.2. The summed E-state index contributed by atoms with van der Waals surface area (Å²) in [7, 11) is 1.30. The third-order valence-electron chi connectivity index (χ3n) is 2.40. The first kappa shape index (κ1) is 15.0. The molecule has 1 heterocycles. The number of anilines is 1. The zero-order valence-electron chi connectivity index (χ0n) is 11.5. The molecule has 6 nitrogen and oxygen atoms in total. The van der Waals surface area contributed by atoms with Crippen molar-refractivity contribution in [2.24, 2.45) is 0 Å². The molecule has 0 bridgehead atoms. The zero-order valence-corrected chi connectivity index (χ0v) is 12.3. The van der Waals surface area contributed by atoms with Gasteiger partial charge in [-0.1, -0.05) is 11.8 Å². The van der Waals surface area contributed by atoms with E-state index in [0.717, 1.165) is 10.6 Å². The number of carbonyl (C=O) groups is 2. The summed E-state index contributed by atoms with van der Waals surface area (Å²) >= 11 is 1.36. The maximum Gasteiger partial charge on any atom is 0.358 e. The van der Waals surface area contributed by atoms with Crippen LogP contribution in [0.25, 0.3) is 0 Å². The first-order valence-corrected chi connectivity index (χ1v) is 6.86. The van der Waals surface area contributed by atoms with Crippen LogP contribution in [0.2, 0.25) is 0 Å². The van der Waals surface area contributed by atoms with Crippen molar-refractivity contribution in [1.82, 2.24) is 9.97 Å². The van der Waals surface area contributed by atoms with Crippen molar-refractivity contribution >= 4 is 29.3 Å². The van der Waals surface area contributed by atoms with Crippen molar-refractivity contribution in [1.29, 1.82) is 0 Å². The van der Waals surface area contributed by atoms with E-state index in [0.29, 0.717) is 5.03 Å². The highest BCUT2D eigenvalue weighted by Gasteiger charge is 2.09. The Kier molecular flexibility index (Phi) is 4.89. The summed E-state index contributed by atoms with van der Waals surface area (Å²) in [6.45, 7) is 1.45. The predicted octanol–water partition coefficient (Wildman–Crippen LogP) is 2.37. The van der Waals surface area contributed by atoms with Gasteiger partial charge >= 0.3 is 5.97 Å². The largest absolute Gasteiger partial charge is 0.464 e. The molecule has 0 saturated carbocycles. The molecule has 0 unspecified atom stereocenters. The Bertz CT molecular complexity index is 659. The second-order valence-corrected chi connectivity index (χ2v) is 5.14. The number of rotatable bonds is 4. The van der Waals surface area contributed by atoms with E-state index in [1.54, 1.807) is 18.3 Å². The van der Waals surface area contributed by atoms with Crippen LogP contribution >= 0.6 is 11.8 Å². The molecule has 1 amide bonds. The third kappa shape index (κ3) is 4.28. The van der Waals surface area contributed by atoms with Crippen LogP contribution in [0.4, 0.5) is 5.69 Å². The van der Waals surface area contributed by atoms with Gasteiger partial charge < -0.3 is 10.1 Å². The Labute approximate surface area is 125 Å². The molecule has 7 heteroatoms. The Hall–Kier alpha value is -2.41. The molecule has 0 aliphatic rings. The molecule has 0 radical (unpaired) electrons. The van der Waals surface area contributed by atoms with Crippen molar-refractivity contribution in [3.63, 3.8) is 0 Å². The Morgan fingerprint density at radius 3 is 2.52 bits per heavy atom. The van der Waals surface area contributed by atoms with Crippen LogP contribution in [0.3, 0.4) is 0 Å². The maximum absolute atomic E-state index is 11.4. The molecule has 1 N–H and O–H groups in total. The molecular formula is C14H13N3O3S. The number of carbonyl (C=O) groups excluding carboxylic acids is 2. The number of aromatic nitrogens is 2. The normalized spacial score (nSPS) is 10.0. The molecule has 2 aromatic rings. The first-order chi connectivity index (χ1) is 10.1. The van der Waals surface area contributed by atoms with Gasteiger partial charge in [-0.25, -0.2) is 9.78 Å². The highest BCUT2D eigenvalue weighted by Crippen LogP contribution is 2.26. The summed E-state index contributed by atoms with van der Waals surface area (Å²) < 4.78 is 4.60. The summed E-state index contributed by atoms with van der Waals surface area (Å²) in [6.07, 6.45) is 2.93. The number of amides is 1. The fourth-order valence-electron chi connectivity index (χ4n) is 1.53. The van der Waals surface area contributed by atoms with Gasteiger partial charge in [0.05, 0.1) is 19.5 Å². The number of nitrogens with zero attached hydrogens (tertiary/aromatic N) is 2. The predicted molar refractivity (Wildman–Crippen MR) is 78.2 cm³/mol. The number of benzene rings is 1. The molecule has 1 aromatic carbocycles. The molecule has 0 fully saturated rings. The van der Waals surface area contributed by atoms with Crippen molar-refractivity contribution in [3.05, 3.63) is 42.4 Å². The fourth-order valence-corrected chi connectivity index (χ4v) is 2.30. The second kappa shape index (κ2) is 6.85. The minimum absolute atomic E-state index is 0.118. The second-order valence-electron chi connectivity index (χ2n) is 4.04. The minimum Gasteiger partial charge on any atom is -0.464 e. The van der Waals surface area contributed by atoms with Crippen LogP contribution < -0.4 is 5.32 Å². The number of nitrogens with one attached hydrogen (secondary N) is 1. The van der Waals surface area contributed by atoms with Crippen LogP contribution in [0.5, 0.6) is 0 Å². The minimum atomic E-state index is -0.522. The summed E-state index contributed by atoms with van der Waals surface area (Å²) in [6, 6.07) is 7.29. The fraction of sp³-hybridized carbons (Fsp3) is 0.143. The summed E-state index contributed by atoms with van der Waals surface area (Å²) in [4.78, 5) is 31.4.